The lowest BCUT2D eigenvalue weighted by Gasteiger charge is -2.35. The first-order chi connectivity index (χ1) is 6.25. The van der Waals surface area contributed by atoms with Crippen LogP contribution in [0.2, 0.25) is 0 Å². The van der Waals surface area contributed by atoms with E-state index in [0.29, 0.717) is 12.1 Å². The van der Waals surface area contributed by atoms with Gasteiger partial charge in [-0.2, -0.15) is 0 Å². The SMILES string of the molecule is CC1CC(N[C@@H](C)c2ccco2)C1. The van der Waals surface area contributed by atoms with E-state index in [1.807, 2.05) is 12.1 Å². The summed E-state index contributed by atoms with van der Waals surface area (Å²) in [7, 11) is 0. The van der Waals surface area contributed by atoms with Crippen LogP contribution in [0.3, 0.4) is 0 Å². The molecular weight excluding hydrogens is 162 g/mol. The molecule has 1 fully saturated rings. The van der Waals surface area contributed by atoms with E-state index in [0.717, 1.165) is 11.7 Å². The Morgan fingerprint density at radius 2 is 2.31 bits per heavy atom. The lowest BCUT2D eigenvalue weighted by Crippen LogP contribution is -2.41. The normalized spacial score (nSPS) is 29.7. The van der Waals surface area contributed by atoms with E-state index in [2.05, 4.69) is 19.2 Å². The molecule has 0 radical (unpaired) electrons. The smallest absolute Gasteiger partial charge is 0.120 e. The first-order valence-corrected chi connectivity index (χ1v) is 5.05. The quantitative estimate of drug-likeness (QED) is 0.771. The molecule has 0 unspecified atom stereocenters. The van der Waals surface area contributed by atoms with Crippen molar-refractivity contribution in [1.82, 2.24) is 5.32 Å². The second kappa shape index (κ2) is 3.54. The summed E-state index contributed by atoms with van der Waals surface area (Å²) in [6.07, 6.45) is 4.35. The van der Waals surface area contributed by atoms with Crippen LogP contribution in [-0.2, 0) is 0 Å². The van der Waals surface area contributed by atoms with Crippen LogP contribution in [0.1, 0.15) is 38.5 Å². The molecule has 0 aromatic carbocycles. The van der Waals surface area contributed by atoms with Gasteiger partial charge in [0.15, 0.2) is 0 Å². The van der Waals surface area contributed by atoms with Crippen molar-refractivity contribution in [1.29, 1.82) is 0 Å². The van der Waals surface area contributed by atoms with E-state index in [1.54, 1.807) is 6.26 Å². The molecule has 1 saturated carbocycles. The predicted molar refractivity (Wildman–Crippen MR) is 52.4 cm³/mol. The number of hydrogen-bond acceptors (Lipinski definition) is 2. The number of rotatable bonds is 3. The predicted octanol–water partition coefficient (Wildman–Crippen LogP) is 2.73. The van der Waals surface area contributed by atoms with Gasteiger partial charge in [-0.3, -0.25) is 0 Å². The van der Waals surface area contributed by atoms with E-state index in [-0.39, 0.29) is 0 Å². The molecule has 0 spiro atoms. The Balaban J connectivity index is 1.82. The highest BCUT2D eigenvalue weighted by atomic mass is 16.3. The van der Waals surface area contributed by atoms with Crippen LogP contribution in [0.4, 0.5) is 0 Å². The molecule has 2 nitrogen and oxygen atoms in total. The summed E-state index contributed by atoms with van der Waals surface area (Å²) in [5, 5.41) is 3.56. The summed E-state index contributed by atoms with van der Waals surface area (Å²) in [4.78, 5) is 0. The highest BCUT2D eigenvalue weighted by Gasteiger charge is 2.26. The lowest BCUT2D eigenvalue weighted by molar-refractivity contribution is 0.218. The highest BCUT2D eigenvalue weighted by Crippen LogP contribution is 2.28. The number of furan rings is 1. The third-order valence-corrected chi connectivity index (χ3v) is 2.83. The molecule has 2 rings (SSSR count). The van der Waals surface area contributed by atoms with Gasteiger partial charge in [0.05, 0.1) is 12.3 Å². The lowest BCUT2D eigenvalue weighted by atomic mass is 9.81. The topological polar surface area (TPSA) is 25.2 Å². The minimum atomic E-state index is 0.354. The monoisotopic (exact) mass is 179 g/mol. The number of hydrogen-bond donors (Lipinski definition) is 1. The van der Waals surface area contributed by atoms with Crippen molar-refractivity contribution in [2.24, 2.45) is 5.92 Å². The van der Waals surface area contributed by atoms with Crippen LogP contribution < -0.4 is 5.32 Å². The molecule has 0 aliphatic heterocycles. The molecule has 0 bridgehead atoms. The summed E-state index contributed by atoms with van der Waals surface area (Å²) in [6.45, 7) is 4.46. The zero-order chi connectivity index (χ0) is 9.26. The maximum atomic E-state index is 5.33. The van der Waals surface area contributed by atoms with Crippen molar-refractivity contribution in [3.63, 3.8) is 0 Å². The molecule has 0 amide bonds. The van der Waals surface area contributed by atoms with Crippen LogP contribution in [0, 0.1) is 5.92 Å². The third kappa shape index (κ3) is 1.94. The van der Waals surface area contributed by atoms with Gasteiger partial charge in [0.2, 0.25) is 0 Å². The molecule has 1 heterocycles. The Bertz CT molecular complexity index is 249. The summed E-state index contributed by atoms with van der Waals surface area (Å²) in [6, 6.07) is 5.03. The summed E-state index contributed by atoms with van der Waals surface area (Å²) in [5.74, 6) is 1.95. The second-order valence-electron chi connectivity index (χ2n) is 4.18. The zero-order valence-electron chi connectivity index (χ0n) is 8.29. The van der Waals surface area contributed by atoms with Crippen molar-refractivity contribution >= 4 is 0 Å². The van der Waals surface area contributed by atoms with Crippen molar-refractivity contribution in [3.05, 3.63) is 24.2 Å². The first-order valence-electron chi connectivity index (χ1n) is 5.05. The molecule has 1 N–H and O–H groups in total. The summed E-state index contributed by atoms with van der Waals surface area (Å²) >= 11 is 0. The van der Waals surface area contributed by atoms with Gasteiger partial charge >= 0.3 is 0 Å². The van der Waals surface area contributed by atoms with Crippen LogP contribution in [-0.4, -0.2) is 6.04 Å². The van der Waals surface area contributed by atoms with Gasteiger partial charge in [-0.25, -0.2) is 0 Å². The van der Waals surface area contributed by atoms with Gasteiger partial charge in [0.1, 0.15) is 5.76 Å². The fourth-order valence-electron chi connectivity index (χ4n) is 2.01. The Hall–Kier alpha value is -0.760. The van der Waals surface area contributed by atoms with Crippen LogP contribution >= 0.6 is 0 Å². The fourth-order valence-corrected chi connectivity index (χ4v) is 2.01. The van der Waals surface area contributed by atoms with Gasteiger partial charge in [0, 0.05) is 6.04 Å². The maximum Gasteiger partial charge on any atom is 0.120 e. The van der Waals surface area contributed by atoms with Crippen molar-refractivity contribution in [2.75, 3.05) is 0 Å². The van der Waals surface area contributed by atoms with E-state index >= 15 is 0 Å². The molecule has 1 aliphatic carbocycles. The minimum Gasteiger partial charge on any atom is -0.468 e. The summed E-state index contributed by atoms with van der Waals surface area (Å²) in [5.41, 5.74) is 0. The Morgan fingerprint density at radius 1 is 1.54 bits per heavy atom. The minimum absolute atomic E-state index is 0.354. The average Bonchev–Trinajstić information content (AvgIpc) is 2.53. The highest BCUT2D eigenvalue weighted by molar-refractivity contribution is 5.04. The van der Waals surface area contributed by atoms with E-state index < -0.39 is 0 Å². The molecule has 2 heteroatoms. The largest absolute Gasteiger partial charge is 0.468 e. The van der Waals surface area contributed by atoms with Crippen LogP contribution in [0.15, 0.2) is 22.8 Å². The summed E-state index contributed by atoms with van der Waals surface area (Å²) < 4.78 is 5.33. The average molecular weight is 179 g/mol. The van der Waals surface area contributed by atoms with E-state index in [4.69, 9.17) is 4.42 Å². The second-order valence-corrected chi connectivity index (χ2v) is 4.18. The van der Waals surface area contributed by atoms with Crippen molar-refractivity contribution in [3.8, 4) is 0 Å². The van der Waals surface area contributed by atoms with Crippen molar-refractivity contribution < 1.29 is 4.42 Å². The van der Waals surface area contributed by atoms with Gasteiger partial charge in [-0.05, 0) is 37.8 Å². The Morgan fingerprint density at radius 3 is 2.85 bits per heavy atom. The van der Waals surface area contributed by atoms with Gasteiger partial charge in [0.25, 0.3) is 0 Å². The Labute approximate surface area is 79.3 Å². The molecule has 72 valence electrons. The first kappa shape index (κ1) is 8.82. The molecular formula is C11H17NO. The maximum absolute atomic E-state index is 5.33. The van der Waals surface area contributed by atoms with Gasteiger partial charge in [-0.15, -0.1) is 0 Å². The van der Waals surface area contributed by atoms with Crippen LogP contribution in [0.25, 0.3) is 0 Å². The van der Waals surface area contributed by atoms with E-state index in [9.17, 15) is 0 Å². The Kier molecular flexibility index (Phi) is 2.40. The molecule has 1 atom stereocenters. The fraction of sp³-hybridized carbons (Fsp3) is 0.636. The molecule has 0 saturated heterocycles. The van der Waals surface area contributed by atoms with Gasteiger partial charge in [-0.1, -0.05) is 6.92 Å². The molecule has 13 heavy (non-hydrogen) atoms. The molecule has 1 aromatic heterocycles. The number of nitrogens with one attached hydrogen (secondary N) is 1. The van der Waals surface area contributed by atoms with Crippen molar-refractivity contribution in [2.45, 2.75) is 38.8 Å². The molecule has 1 aromatic rings. The van der Waals surface area contributed by atoms with E-state index in [1.165, 1.54) is 12.8 Å². The zero-order valence-corrected chi connectivity index (χ0v) is 8.29. The third-order valence-electron chi connectivity index (χ3n) is 2.83. The van der Waals surface area contributed by atoms with Crippen LogP contribution in [0.5, 0.6) is 0 Å². The standard InChI is InChI=1S/C11H17NO/c1-8-6-10(7-8)12-9(2)11-4-3-5-13-11/h3-5,8-10,12H,6-7H2,1-2H3/t8?,9-,10?/m0/s1. The molecule has 1 aliphatic rings. The van der Waals surface area contributed by atoms with Gasteiger partial charge < -0.3 is 9.73 Å².